The maximum absolute atomic E-state index is 12.9. The first-order valence-corrected chi connectivity index (χ1v) is 14.6. The van der Waals surface area contributed by atoms with Gasteiger partial charge >= 0.3 is 5.97 Å². The van der Waals surface area contributed by atoms with Gasteiger partial charge in [-0.15, -0.1) is 0 Å². The predicted molar refractivity (Wildman–Crippen MR) is 167 cm³/mol. The van der Waals surface area contributed by atoms with E-state index < -0.39 is 5.60 Å². The number of pyridine rings is 1. The zero-order valence-electron chi connectivity index (χ0n) is 24.5. The number of nitrogens with zero attached hydrogens (tertiary/aromatic N) is 4. The zero-order chi connectivity index (χ0) is 29.0. The molecule has 0 amide bonds. The number of hydrogen-bond donors (Lipinski definition) is 0. The molecule has 1 saturated carbocycles. The van der Waals surface area contributed by atoms with E-state index in [9.17, 15) is 4.79 Å². The first kappa shape index (κ1) is 26.2. The van der Waals surface area contributed by atoms with E-state index in [0.29, 0.717) is 11.5 Å². The quantitative estimate of drug-likeness (QED) is 0.195. The monoisotopic (exact) mass is 554 g/mol. The molecule has 0 N–H and O–H groups in total. The van der Waals surface area contributed by atoms with Crippen LogP contribution < -0.4 is 0 Å². The molecule has 0 atom stereocenters. The molecule has 210 valence electrons. The summed E-state index contributed by atoms with van der Waals surface area (Å²) in [4.78, 5) is 23.0. The van der Waals surface area contributed by atoms with Crippen LogP contribution in [0.15, 0.2) is 91.3 Å². The van der Waals surface area contributed by atoms with Gasteiger partial charge in [0.1, 0.15) is 17.1 Å². The van der Waals surface area contributed by atoms with E-state index in [-0.39, 0.29) is 5.97 Å². The van der Waals surface area contributed by atoms with Gasteiger partial charge in [0.2, 0.25) is 0 Å². The molecule has 1 fully saturated rings. The molecule has 42 heavy (non-hydrogen) atoms. The van der Waals surface area contributed by atoms with Crippen LogP contribution in [-0.4, -0.2) is 30.5 Å². The summed E-state index contributed by atoms with van der Waals surface area (Å²) < 4.78 is 10.1. The maximum atomic E-state index is 12.9. The van der Waals surface area contributed by atoms with Gasteiger partial charge in [0.25, 0.3) is 0 Å². The molecule has 3 heterocycles. The highest BCUT2D eigenvalue weighted by atomic mass is 16.6. The molecule has 0 bridgehead atoms. The van der Waals surface area contributed by atoms with Crippen LogP contribution in [0, 0.1) is 6.92 Å². The van der Waals surface area contributed by atoms with E-state index >= 15 is 0 Å². The predicted octanol–water partition coefficient (Wildman–Crippen LogP) is 8.21. The smallest absolute Gasteiger partial charge is 0.339 e. The molecule has 6 nitrogen and oxygen atoms in total. The van der Waals surface area contributed by atoms with Crippen molar-refractivity contribution in [3.63, 3.8) is 0 Å². The van der Waals surface area contributed by atoms with Crippen LogP contribution in [0.25, 0.3) is 39.1 Å². The second kappa shape index (κ2) is 9.98. The molecule has 0 radical (unpaired) electrons. The van der Waals surface area contributed by atoms with Gasteiger partial charge in [-0.05, 0) is 93.1 Å². The van der Waals surface area contributed by atoms with Crippen LogP contribution in [0.5, 0.6) is 0 Å². The first-order valence-electron chi connectivity index (χ1n) is 14.6. The molecular formula is C36H34N4O2. The Morgan fingerprint density at radius 2 is 1.69 bits per heavy atom. The minimum atomic E-state index is -0.551. The van der Waals surface area contributed by atoms with Gasteiger partial charge in [-0.1, -0.05) is 48.5 Å². The second-order valence-corrected chi connectivity index (χ2v) is 12.3. The molecule has 7 rings (SSSR count). The van der Waals surface area contributed by atoms with Gasteiger partial charge in [-0.2, -0.15) is 0 Å². The lowest BCUT2D eigenvalue weighted by atomic mass is 9.98. The number of ether oxygens (including phenoxy) is 1. The maximum Gasteiger partial charge on any atom is 0.339 e. The SMILES string of the molecule is Cc1cc(-c2cn3ccccc3n2)cc2c1nc(C1CC1)n2Cc1ccc(-c2ccccc2C(=O)OC(C)(C)C)cc1. The number of aryl methyl sites for hydroxylation is 1. The molecule has 0 spiro atoms. The normalized spacial score (nSPS) is 13.6. The number of rotatable bonds is 6. The van der Waals surface area contributed by atoms with Crippen LogP contribution in [0.2, 0.25) is 0 Å². The first-order chi connectivity index (χ1) is 20.2. The standard InChI is InChI=1S/C36H34N4O2/c1-23-19-27(30-22-39-18-8-7-11-32(39)37-30)20-31-33(23)38-34(26-16-17-26)40(31)21-24-12-14-25(15-13-24)28-9-5-6-10-29(28)35(41)42-36(2,3)4/h5-15,18-20,22,26H,16-17,21H2,1-4H3. The molecular weight excluding hydrogens is 520 g/mol. The van der Waals surface area contributed by atoms with Crippen molar-refractivity contribution >= 4 is 22.6 Å². The molecule has 0 saturated heterocycles. The van der Waals surface area contributed by atoms with Crippen LogP contribution in [0.3, 0.4) is 0 Å². The van der Waals surface area contributed by atoms with Gasteiger partial charge in [0, 0.05) is 30.4 Å². The fourth-order valence-corrected chi connectivity index (χ4v) is 5.67. The Balaban J connectivity index is 1.24. The van der Waals surface area contributed by atoms with Crippen molar-refractivity contribution in [3.05, 3.63) is 114 Å². The van der Waals surface area contributed by atoms with Crippen LogP contribution >= 0.6 is 0 Å². The fourth-order valence-electron chi connectivity index (χ4n) is 5.67. The summed E-state index contributed by atoms with van der Waals surface area (Å²) in [6.45, 7) is 8.54. The molecule has 3 aromatic heterocycles. The highest BCUT2D eigenvalue weighted by Gasteiger charge is 2.30. The van der Waals surface area contributed by atoms with Crippen molar-refractivity contribution in [2.45, 2.75) is 58.6 Å². The second-order valence-electron chi connectivity index (χ2n) is 12.3. The zero-order valence-corrected chi connectivity index (χ0v) is 24.5. The molecule has 0 unspecified atom stereocenters. The van der Waals surface area contributed by atoms with Crippen molar-refractivity contribution in [1.29, 1.82) is 0 Å². The fraction of sp³-hybridized carbons (Fsp3) is 0.250. The minimum Gasteiger partial charge on any atom is -0.456 e. The number of carbonyl (C=O) groups is 1. The third kappa shape index (κ3) is 4.98. The molecule has 1 aliphatic rings. The number of aromatic nitrogens is 4. The van der Waals surface area contributed by atoms with Gasteiger partial charge in [0.15, 0.2) is 0 Å². The summed E-state index contributed by atoms with van der Waals surface area (Å²) in [5, 5.41) is 0. The molecule has 1 aliphatic carbocycles. The van der Waals surface area contributed by atoms with E-state index in [2.05, 4.69) is 58.5 Å². The van der Waals surface area contributed by atoms with Crippen molar-refractivity contribution < 1.29 is 9.53 Å². The summed E-state index contributed by atoms with van der Waals surface area (Å²) in [7, 11) is 0. The number of carbonyl (C=O) groups excluding carboxylic acids is 1. The minimum absolute atomic E-state index is 0.307. The van der Waals surface area contributed by atoms with Gasteiger partial charge < -0.3 is 13.7 Å². The van der Waals surface area contributed by atoms with Gasteiger partial charge in [0.05, 0.1) is 22.3 Å². The van der Waals surface area contributed by atoms with Gasteiger partial charge in [-0.3, -0.25) is 0 Å². The molecule has 6 heteroatoms. The third-order valence-corrected chi connectivity index (χ3v) is 7.83. The number of hydrogen-bond acceptors (Lipinski definition) is 4. The van der Waals surface area contributed by atoms with Gasteiger partial charge in [-0.25, -0.2) is 14.8 Å². The van der Waals surface area contributed by atoms with Crippen LogP contribution in [0.4, 0.5) is 0 Å². The molecule has 6 aromatic rings. The summed E-state index contributed by atoms with van der Waals surface area (Å²) in [5.41, 5.74) is 9.43. The van der Waals surface area contributed by atoms with E-state index in [4.69, 9.17) is 14.7 Å². The number of benzene rings is 3. The van der Waals surface area contributed by atoms with Crippen LogP contribution in [0.1, 0.15) is 66.8 Å². The molecule has 3 aromatic carbocycles. The number of esters is 1. The van der Waals surface area contributed by atoms with Crippen molar-refractivity contribution in [1.82, 2.24) is 18.9 Å². The third-order valence-electron chi connectivity index (χ3n) is 7.83. The average Bonchev–Trinajstić information content (AvgIpc) is 3.61. The topological polar surface area (TPSA) is 61.4 Å². The largest absolute Gasteiger partial charge is 0.456 e. The Bertz CT molecular complexity index is 1920. The Labute approximate surface area is 245 Å². The summed E-state index contributed by atoms with van der Waals surface area (Å²) in [6, 6.07) is 26.7. The number of fused-ring (bicyclic) bond motifs is 2. The van der Waals surface area contributed by atoms with Crippen molar-refractivity contribution in [3.8, 4) is 22.4 Å². The van der Waals surface area contributed by atoms with Crippen molar-refractivity contribution in [2.75, 3.05) is 0 Å². The Morgan fingerprint density at radius 3 is 2.43 bits per heavy atom. The summed E-state index contributed by atoms with van der Waals surface area (Å²) in [5.74, 6) is 1.37. The van der Waals surface area contributed by atoms with E-state index in [1.807, 2.05) is 69.4 Å². The van der Waals surface area contributed by atoms with E-state index in [1.165, 1.54) is 24.2 Å². The number of imidazole rings is 2. The lowest BCUT2D eigenvalue weighted by Crippen LogP contribution is -2.24. The van der Waals surface area contributed by atoms with E-state index in [1.54, 1.807) is 0 Å². The lowest BCUT2D eigenvalue weighted by molar-refractivity contribution is 0.00704. The Morgan fingerprint density at radius 1 is 0.929 bits per heavy atom. The van der Waals surface area contributed by atoms with Crippen LogP contribution in [-0.2, 0) is 11.3 Å². The average molecular weight is 555 g/mol. The molecule has 0 aliphatic heterocycles. The summed E-state index contributed by atoms with van der Waals surface area (Å²) in [6.07, 6.45) is 6.48. The Kier molecular flexibility index (Phi) is 6.23. The lowest BCUT2D eigenvalue weighted by Gasteiger charge is -2.20. The Hall–Kier alpha value is -4.71. The summed E-state index contributed by atoms with van der Waals surface area (Å²) >= 11 is 0. The highest BCUT2D eigenvalue weighted by molar-refractivity contribution is 5.97. The van der Waals surface area contributed by atoms with E-state index in [0.717, 1.165) is 51.2 Å². The highest BCUT2D eigenvalue weighted by Crippen LogP contribution is 2.42. The van der Waals surface area contributed by atoms with Crippen molar-refractivity contribution in [2.24, 2.45) is 0 Å².